The molecule has 1 aliphatic carbocycles. The Balaban J connectivity index is 1.80. The number of nitrogens with one attached hydrogen (secondary N) is 1. The van der Waals surface area contributed by atoms with Gasteiger partial charge in [-0.15, -0.1) is 0 Å². The van der Waals surface area contributed by atoms with Gasteiger partial charge in [0.05, 0.1) is 5.57 Å². The summed E-state index contributed by atoms with van der Waals surface area (Å²) in [6, 6.07) is 8.02. The summed E-state index contributed by atoms with van der Waals surface area (Å²) in [6.07, 6.45) is 6.40. The molecule has 0 bridgehead atoms. The number of benzene rings is 1. The second kappa shape index (κ2) is 4.62. The second-order valence-electron chi connectivity index (χ2n) is 5.81. The lowest BCUT2D eigenvalue weighted by molar-refractivity contribution is -0.110. The molecule has 0 unspecified atom stereocenters. The van der Waals surface area contributed by atoms with Gasteiger partial charge in [-0.2, -0.15) is 0 Å². The van der Waals surface area contributed by atoms with Crippen LogP contribution in [0.4, 0.5) is 5.69 Å². The number of aryl methyl sites for hydroxylation is 3. The van der Waals surface area contributed by atoms with Crippen LogP contribution in [0.5, 0.6) is 0 Å². The number of fused-ring (bicyclic) bond motifs is 2. The number of rotatable bonds is 1. The Morgan fingerprint density at radius 2 is 2.10 bits per heavy atom. The first-order valence-electron chi connectivity index (χ1n) is 7.47. The number of furan rings is 1. The minimum absolute atomic E-state index is 0.0475. The van der Waals surface area contributed by atoms with Crippen LogP contribution in [0.3, 0.4) is 0 Å². The molecule has 3 nitrogen and oxygen atoms in total. The van der Waals surface area contributed by atoms with Crippen LogP contribution in [0.1, 0.15) is 41.1 Å². The number of amides is 1. The average Bonchev–Trinajstić information content (AvgIpc) is 3.01. The fourth-order valence-electron chi connectivity index (χ4n) is 3.30. The maximum Gasteiger partial charge on any atom is 0.256 e. The zero-order chi connectivity index (χ0) is 14.4. The van der Waals surface area contributed by atoms with E-state index in [0.717, 1.165) is 41.2 Å². The monoisotopic (exact) mass is 279 g/mol. The maximum absolute atomic E-state index is 12.2. The van der Waals surface area contributed by atoms with Gasteiger partial charge in [0.15, 0.2) is 0 Å². The maximum atomic E-state index is 12.2. The zero-order valence-electron chi connectivity index (χ0n) is 12.0. The molecule has 106 valence electrons. The summed E-state index contributed by atoms with van der Waals surface area (Å²) in [6.45, 7) is 2.03. The van der Waals surface area contributed by atoms with Gasteiger partial charge >= 0.3 is 0 Å². The van der Waals surface area contributed by atoms with E-state index >= 15 is 0 Å². The first-order chi connectivity index (χ1) is 10.2. The molecule has 0 atom stereocenters. The highest BCUT2D eigenvalue weighted by molar-refractivity contribution is 6.35. The van der Waals surface area contributed by atoms with Crippen molar-refractivity contribution in [1.82, 2.24) is 0 Å². The Bertz CT molecular complexity index is 744. The molecule has 1 amide bonds. The normalized spacial score (nSPS) is 18.5. The van der Waals surface area contributed by atoms with E-state index in [4.69, 9.17) is 4.42 Å². The molecule has 0 fully saturated rings. The number of carbonyl (C=O) groups is 1. The van der Waals surface area contributed by atoms with Crippen molar-refractivity contribution in [2.75, 3.05) is 5.32 Å². The Morgan fingerprint density at radius 3 is 2.95 bits per heavy atom. The van der Waals surface area contributed by atoms with Crippen LogP contribution in [0.15, 0.2) is 28.7 Å². The molecule has 2 aromatic rings. The standard InChI is InChI=1S/C18H17NO2/c1-11-5-4-7-15-17(11)14(18(20)19-15)10-13-9-12-6-2-3-8-16(12)21-13/h4-5,7,9-10H,2-3,6,8H2,1H3,(H,19,20). The Kier molecular flexibility index (Phi) is 2.74. The quantitative estimate of drug-likeness (QED) is 0.803. The minimum Gasteiger partial charge on any atom is -0.461 e. The van der Waals surface area contributed by atoms with E-state index in [9.17, 15) is 4.79 Å². The molecule has 1 N–H and O–H groups in total. The lowest BCUT2D eigenvalue weighted by Crippen LogP contribution is -2.03. The summed E-state index contributed by atoms with van der Waals surface area (Å²) in [5, 5.41) is 2.92. The summed E-state index contributed by atoms with van der Waals surface area (Å²) < 4.78 is 5.91. The van der Waals surface area contributed by atoms with Crippen molar-refractivity contribution in [2.24, 2.45) is 0 Å². The molecule has 2 aliphatic rings. The van der Waals surface area contributed by atoms with Gasteiger partial charge < -0.3 is 9.73 Å². The smallest absolute Gasteiger partial charge is 0.256 e. The Morgan fingerprint density at radius 1 is 1.24 bits per heavy atom. The highest BCUT2D eigenvalue weighted by atomic mass is 16.3. The number of carbonyl (C=O) groups excluding carboxylic acids is 1. The number of hydrogen-bond acceptors (Lipinski definition) is 2. The molecule has 0 saturated heterocycles. The van der Waals surface area contributed by atoms with Crippen molar-refractivity contribution >= 4 is 23.2 Å². The minimum atomic E-state index is -0.0475. The fraction of sp³-hybridized carbons (Fsp3) is 0.278. The molecule has 0 spiro atoms. The van der Waals surface area contributed by atoms with E-state index in [0.29, 0.717) is 5.57 Å². The molecule has 2 heterocycles. The summed E-state index contributed by atoms with van der Waals surface area (Å²) in [7, 11) is 0. The summed E-state index contributed by atoms with van der Waals surface area (Å²) >= 11 is 0. The molecule has 21 heavy (non-hydrogen) atoms. The summed E-state index contributed by atoms with van der Waals surface area (Å²) in [5.74, 6) is 1.84. The summed E-state index contributed by atoms with van der Waals surface area (Å²) in [4.78, 5) is 12.2. The number of hydrogen-bond donors (Lipinski definition) is 1. The van der Waals surface area contributed by atoms with Crippen LogP contribution in [-0.2, 0) is 17.6 Å². The highest BCUT2D eigenvalue weighted by Crippen LogP contribution is 2.36. The molecular weight excluding hydrogens is 262 g/mol. The highest BCUT2D eigenvalue weighted by Gasteiger charge is 2.26. The van der Waals surface area contributed by atoms with Crippen LogP contribution in [0.2, 0.25) is 0 Å². The Labute approximate surface area is 123 Å². The van der Waals surface area contributed by atoms with E-state index in [1.165, 1.54) is 18.4 Å². The van der Waals surface area contributed by atoms with Crippen molar-refractivity contribution in [1.29, 1.82) is 0 Å². The molecule has 4 rings (SSSR count). The van der Waals surface area contributed by atoms with Gasteiger partial charge in [0, 0.05) is 17.7 Å². The lowest BCUT2D eigenvalue weighted by Gasteiger charge is -2.07. The van der Waals surface area contributed by atoms with E-state index in [1.54, 1.807) is 0 Å². The zero-order valence-corrected chi connectivity index (χ0v) is 12.0. The van der Waals surface area contributed by atoms with Crippen LogP contribution >= 0.6 is 0 Å². The number of anilines is 1. The largest absolute Gasteiger partial charge is 0.461 e. The van der Waals surface area contributed by atoms with Gasteiger partial charge in [-0.05, 0) is 55.5 Å². The Hall–Kier alpha value is -2.29. The topological polar surface area (TPSA) is 42.2 Å². The molecule has 3 heteroatoms. The van der Waals surface area contributed by atoms with Gasteiger partial charge in [0.25, 0.3) is 5.91 Å². The first-order valence-corrected chi connectivity index (χ1v) is 7.47. The van der Waals surface area contributed by atoms with Crippen LogP contribution < -0.4 is 5.32 Å². The van der Waals surface area contributed by atoms with E-state index < -0.39 is 0 Å². The third kappa shape index (κ3) is 2.00. The van der Waals surface area contributed by atoms with Gasteiger partial charge in [-0.1, -0.05) is 12.1 Å². The third-order valence-electron chi connectivity index (χ3n) is 4.34. The van der Waals surface area contributed by atoms with Gasteiger partial charge in [-0.25, -0.2) is 0 Å². The molecular formula is C18H17NO2. The first kappa shape index (κ1) is 12.5. The molecule has 1 aromatic heterocycles. The van der Waals surface area contributed by atoms with Crippen molar-refractivity contribution in [2.45, 2.75) is 32.6 Å². The predicted octanol–water partition coefficient (Wildman–Crippen LogP) is 3.96. The van der Waals surface area contributed by atoms with E-state index in [-0.39, 0.29) is 5.91 Å². The van der Waals surface area contributed by atoms with Gasteiger partial charge in [0.1, 0.15) is 11.5 Å². The third-order valence-corrected chi connectivity index (χ3v) is 4.34. The molecule has 1 aromatic carbocycles. The average molecular weight is 279 g/mol. The van der Waals surface area contributed by atoms with Crippen molar-refractivity contribution in [3.8, 4) is 0 Å². The van der Waals surface area contributed by atoms with E-state index in [2.05, 4.69) is 11.4 Å². The predicted molar refractivity (Wildman–Crippen MR) is 83.0 cm³/mol. The lowest BCUT2D eigenvalue weighted by atomic mass is 9.98. The van der Waals surface area contributed by atoms with Crippen LogP contribution in [0, 0.1) is 6.92 Å². The molecule has 1 aliphatic heterocycles. The fourth-order valence-corrected chi connectivity index (χ4v) is 3.30. The van der Waals surface area contributed by atoms with Gasteiger partial charge in [-0.3, -0.25) is 4.79 Å². The van der Waals surface area contributed by atoms with Crippen molar-refractivity contribution < 1.29 is 9.21 Å². The van der Waals surface area contributed by atoms with Crippen molar-refractivity contribution in [3.05, 3.63) is 52.5 Å². The second-order valence-corrected chi connectivity index (χ2v) is 5.81. The van der Waals surface area contributed by atoms with E-state index in [1.807, 2.05) is 31.2 Å². The van der Waals surface area contributed by atoms with Crippen LogP contribution in [-0.4, -0.2) is 5.91 Å². The summed E-state index contributed by atoms with van der Waals surface area (Å²) in [5.41, 5.74) is 5.00. The molecule has 0 radical (unpaired) electrons. The molecule has 0 saturated carbocycles. The van der Waals surface area contributed by atoms with Crippen molar-refractivity contribution in [3.63, 3.8) is 0 Å². The van der Waals surface area contributed by atoms with Crippen LogP contribution in [0.25, 0.3) is 11.6 Å². The van der Waals surface area contributed by atoms with Gasteiger partial charge in [0.2, 0.25) is 0 Å². The SMILES string of the molecule is Cc1cccc2c1C(=Cc1cc3c(o1)CCCC3)C(=O)N2.